The van der Waals surface area contributed by atoms with Crippen molar-refractivity contribution in [1.29, 1.82) is 0 Å². The summed E-state index contributed by atoms with van der Waals surface area (Å²) in [5, 5.41) is 5.43. The fraction of sp³-hybridized carbons (Fsp3) is 0.174. The predicted octanol–water partition coefficient (Wildman–Crippen LogP) is 4.16. The Morgan fingerprint density at radius 3 is 2.52 bits per heavy atom. The lowest BCUT2D eigenvalue weighted by atomic mass is 10.1. The van der Waals surface area contributed by atoms with Crippen LogP contribution in [-0.4, -0.2) is 33.9 Å². The largest absolute Gasteiger partial charge is 0.329 e. The molecule has 1 fully saturated rings. The molecular weight excluding hydrogens is 460 g/mol. The molecule has 0 atom stereocenters. The van der Waals surface area contributed by atoms with Gasteiger partial charge in [0.05, 0.1) is 18.7 Å². The van der Waals surface area contributed by atoms with Gasteiger partial charge in [-0.3, -0.25) is 14.5 Å². The number of benzene rings is 2. The number of aromatic nitrogens is 1. The molecule has 31 heavy (non-hydrogen) atoms. The van der Waals surface area contributed by atoms with Gasteiger partial charge in [-0.25, -0.2) is 4.79 Å². The minimum Gasteiger partial charge on any atom is -0.329 e. The number of anilines is 1. The first-order chi connectivity index (χ1) is 14.8. The number of hydrogen-bond acceptors (Lipinski definition) is 3. The van der Waals surface area contributed by atoms with Gasteiger partial charge in [-0.2, -0.15) is 0 Å². The second-order valence-corrected chi connectivity index (χ2v) is 8.31. The number of halogens is 1. The highest BCUT2D eigenvalue weighted by Crippen LogP contribution is 2.23. The van der Waals surface area contributed by atoms with Crippen LogP contribution in [0.2, 0.25) is 0 Å². The maximum atomic E-state index is 13.0. The van der Waals surface area contributed by atoms with Crippen LogP contribution in [0.1, 0.15) is 27.3 Å². The molecule has 2 N–H and O–H groups in total. The molecule has 7 nitrogen and oxygen atoms in total. The Kier molecular flexibility index (Phi) is 5.65. The fourth-order valence-electron chi connectivity index (χ4n) is 3.72. The maximum Gasteiger partial charge on any atom is 0.324 e. The quantitative estimate of drug-likeness (QED) is 0.537. The summed E-state index contributed by atoms with van der Waals surface area (Å²) in [7, 11) is 0. The van der Waals surface area contributed by atoms with E-state index in [9.17, 15) is 14.4 Å². The SMILES string of the molecule is Cc1cc(C(=O)Nc2cccc(CN3C(=O)CNC3=O)c2)c(C)n1-c1ccc(Br)cc1. The molecule has 1 saturated heterocycles. The molecule has 3 aromatic rings. The lowest BCUT2D eigenvalue weighted by molar-refractivity contribution is -0.125. The fourth-order valence-corrected chi connectivity index (χ4v) is 3.99. The third kappa shape index (κ3) is 4.25. The normalized spacial score (nSPS) is 13.5. The Balaban J connectivity index is 1.54. The number of imide groups is 1. The van der Waals surface area contributed by atoms with E-state index in [0.717, 1.165) is 32.0 Å². The van der Waals surface area contributed by atoms with Crippen LogP contribution in [0.5, 0.6) is 0 Å². The standard InChI is InChI=1S/C23H21BrN4O3/c1-14-10-20(15(2)28(14)19-8-6-17(24)7-9-19)22(30)26-18-5-3-4-16(11-18)13-27-21(29)12-25-23(27)31/h3-11H,12-13H2,1-2H3,(H,25,31)(H,26,30). The van der Waals surface area contributed by atoms with Gasteiger partial charge in [0, 0.05) is 27.2 Å². The van der Waals surface area contributed by atoms with Crippen LogP contribution in [-0.2, 0) is 11.3 Å². The van der Waals surface area contributed by atoms with Crippen LogP contribution >= 0.6 is 15.9 Å². The molecule has 2 heterocycles. The Bertz CT molecular complexity index is 1170. The zero-order valence-electron chi connectivity index (χ0n) is 17.1. The van der Waals surface area contributed by atoms with Crippen molar-refractivity contribution in [3.05, 3.63) is 81.6 Å². The number of amides is 4. The first-order valence-electron chi connectivity index (χ1n) is 9.77. The number of urea groups is 1. The molecule has 0 bridgehead atoms. The van der Waals surface area contributed by atoms with E-state index < -0.39 is 6.03 Å². The lowest BCUT2D eigenvalue weighted by Crippen LogP contribution is -2.30. The molecular formula is C23H21BrN4O3. The van der Waals surface area contributed by atoms with E-state index >= 15 is 0 Å². The van der Waals surface area contributed by atoms with Crippen molar-refractivity contribution in [2.75, 3.05) is 11.9 Å². The van der Waals surface area contributed by atoms with Crippen molar-refractivity contribution < 1.29 is 14.4 Å². The van der Waals surface area contributed by atoms with Crippen LogP contribution in [0.4, 0.5) is 10.5 Å². The van der Waals surface area contributed by atoms with Crippen LogP contribution < -0.4 is 10.6 Å². The molecule has 4 rings (SSSR count). The average molecular weight is 481 g/mol. The van der Waals surface area contributed by atoms with Gasteiger partial charge < -0.3 is 15.2 Å². The summed E-state index contributed by atoms with van der Waals surface area (Å²) in [4.78, 5) is 37.7. The summed E-state index contributed by atoms with van der Waals surface area (Å²) < 4.78 is 3.03. The van der Waals surface area contributed by atoms with Crippen molar-refractivity contribution >= 4 is 39.5 Å². The number of carbonyl (C=O) groups excluding carboxylic acids is 3. The van der Waals surface area contributed by atoms with Crippen molar-refractivity contribution in [1.82, 2.24) is 14.8 Å². The van der Waals surface area contributed by atoms with E-state index in [1.54, 1.807) is 18.2 Å². The molecule has 0 aliphatic carbocycles. The van der Waals surface area contributed by atoms with Crippen LogP contribution in [0.3, 0.4) is 0 Å². The molecule has 1 aliphatic rings. The molecule has 0 unspecified atom stereocenters. The Labute approximate surface area is 188 Å². The highest BCUT2D eigenvalue weighted by Gasteiger charge is 2.28. The smallest absolute Gasteiger partial charge is 0.324 e. The molecule has 158 valence electrons. The van der Waals surface area contributed by atoms with E-state index in [4.69, 9.17) is 0 Å². The molecule has 0 saturated carbocycles. The summed E-state index contributed by atoms with van der Waals surface area (Å²) in [6, 6.07) is 16.5. The third-order valence-electron chi connectivity index (χ3n) is 5.22. The van der Waals surface area contributed by atoms with Gasteiger partial charge in [0.2, 0.25) is 5.91 Å². The van der Waals surface area contributed by atoms with Crippen molar-refractivity contribution in [2.24, 2.45) is 0 Å². The number of carbonyl (C=O) groups is 3. The topological polar surface area (TPSA) is 83.4 Å². The van der Waals surface area contributed by atoms with Crippen LogP contribution in [0.15, 0.2) is 59.1 Å². The number of hydrogen-bond donors (Lipinski definition) is 2. The van der Waals surface area contributed by atoms with Crippen molar-refractivity contribution in [2.45, 2.75) is 20.4 Å². The number of nitrogens with zero attached hydrogens (tertiary/aromatic N) is 2. The summed E-state index contributed by atoms with van der Waals surface area (Å²) in [5.74, 6) is -0.483. The molecule has 2 aromatic carbocycles. The third-order valence-corrected chi connectivity index (χ3v) is 5.75. The van der Waals surface area contributed by atoms with Crippen molar-refractivity contribution in [3.8, 4) is 5.69 Å². The number of rotatable bonds is 5. The van der Waals surface area contributed by atoms with Gasteiger partial charge >= 0.3 is 6.03 Å². The van der Waals surface area contributed by atoms with Crippen molar-refractivity contribution in [3.63, 3.8) is 0 Å². The highest BCUT2D eigenvalue weighted by atomic mass is 79.9. The van der Waals surface area contributed by atoms with Gasteiger partial charge in [0.25, 0.3) is 5.91 Å². The van der Waals surface area contributed by atoms with Crippen LogP contribution in [0, 0.1) is 13.8 Å². The van der Waals surface area contributed by atoms with Gasteiger partial charge in [0.1, 0.15) is 0 Å². The van der Waals surface area contributed by atoms with Gasteiger partial charge in [-0.1, -0.05) is 28.1 Å². The van der Waals surface area contributed by atoms with Gasteiger partial charge in [-0.15, -0.1) is 0 Å². The zero-order valence-corrected chi connectivity index (χ0v) is 18.7. The van der Waals surface area contributed by atoms with Crippen LogP contribution in [0.25, 0.3) is 5.69 Å². The second kappa shape index (κ2) is 8.39. The van der Waals surface area contributed by atoms with Gasteiger partial charge in [-0.05, 0) is 61.9 Å². The Morgan fingerprint density at radius 2 is 1.84 bits per heavy atom. The summed E-state index contributed by atoms with van der Waals surface area (Å²) in [5.41, 5.74) is 4.71. The molecule has 8 heteroatoms. The number of aryl methyl sites for hydroxylation is 1. The Hall–Kier alpha value is -3.39. The van der Waals surface area contributed by atoms with E-state index in [1.165, 1.54) is 0 Å². The highest BCUT2D eigenvalue weighted by molar-refractivity contribution is 9.10. The lowest BCUT2D eigenvalue weighted by Gasteiger charge is -2.13. The average Bonchev–Trinajstić information content (AvgIpc) is 3.22. The molecule has 4 amide bonds. The van der Waals surface area contributed by atoms with E-state index in [-0.39, 0.29) is 24.9 Å². The monoisotopic (exact) mass is 480 g/mol. The summed E-state index contributed by atoms with van der Waals surface area (Å²) in [6.45, 7) is 4.05. The molecule has 1 aliphatic heterocycles. The van der Waals surface area contributed by atoms with E-state index in [0.29, 0.717) is 11.3 Å². The molecule has 0 spiro atoms. The van der Waals surface area contributed by atoms with E-state index in [2.05, 4.69) is 26.6 Å². The van der Waals surface area contributed by atoms with E-state index in [1.807, 2.05) is 54.8 Å². The second-order valence-electron chi connectivity index (χ2n) is 7.39. The summed E-state index contributed by atoms with van der Waals surface area (Å²) >= 11 is 3.44. The Morgan fingerprint density at radius 1 is 1.10 bits per heavy atom. The minimum absolute atomic E-state index is 0.0171. The summed E-state index contributed by atoms with van der Waals surface area (Å²) in [6.07, 6.45) is 0. The number of nitrogens with one attached hydrogen (secondary N) is 2. The minimum atomic E-state index is -0.403. The molecule has 0 radical (unpaired) electrons. The van der Waals surface area contributed by atoms with Gasteiger partial charge in [0.15, 0.2) is 0 Å². The molecule has 1 aromatic heterocycles. The zero-order chi connectivity index (χ0) is 22.1. The maximum absolute atomic E-state index is 13.0. The first kappa shape index (κ1) is 20.9. The predicted molar refractivity (Wildman–Crippen MR) is 121 cm³/mol. The first-order valence-corrected chi connectivity index (χ1v) is 10.6.